The Hall–Kier alpha value is -1.33. The summed E-state index contributed by atoms with van der Waals surface area (Å²) in [6, 6.07) is 2.88. The number of aliphatic hydroxyl groups is 1. The van der Waals surface area contributed by atoms with Crippen LogP contribution in [0, 0.1) is 31.5 Å². The van der Waals surface area contributed by atoms with Gasteiger partial charge in [-0.25, -0.2) is 4.39 Å². The topological polar surface area (TPSA) is 20.2 Å². The fourth-order valence-corrected chi connectivity index (χ4v) is 1.24. The summed E-state index contributed by atoms with van der Waals surface area (Å²) < 4.78 is 12.8. The van der Waals surface area contributed by atoms with Crippen LogP contribution in [0.4, 0.5) is 4.39 Å². The zero-order valence-electron chi connectivity index (χ0n) is 7.69. The molecule has 0 saturated heterocycles. The van der Waals surface area contributed by atoms with Crippen LogP contribution in [0.25, 0.3) is 0 Å². The summed E-state index contributed by atoms with van der Waals surface area (Å²) in [6.07, 6.45) is 0. The molecule has 0 aromatic heterocycles. The molecule has 0 spiro atoms. The molecule has 0 amide bonds. The molecule has 0 aliphatic heterocycles. The van der Waals surface area contributed by atoms with Crippen LogP contribution in [0.2, 0.25) is 0 Å². The second-order valence-electron chi connectivity index (χ2n) is 2.87. The summed E-state index contributed by atoms with van der Waals surface area (Å²) in [4.78, 5) is 0. The monoisotopic (exact) mass is 178 g/mol. The van der Waals surface area contributed by atoms with E-state index < -0.39 is 0 Å². The average Bonchev–Trinajstić information content (AvgIpc) is 2.02. The van der Waals surface area contributed by atoms with Crippen LogP contribution in [0.3, 0.4) is 0 Å². The lowest BCUT2D eigenvalue weighted by atomic mass is 10.0. The van der Waals surface area contributed by atoms with Crippen molar-refractivity contribution in [3.05, 3.63) is 34.6 Å². The smallest absolute Gasteiger partial charge is 0.123 e. The third-order valence-corrected chi connectivity index (χ3v) is 1.79. The van der Waals surface area contributed by atoms with Gasteiger partial charge in [0.1, 0.15) is 12.4 Å². The van der Waals surface area contributed by atoms with Crippen molar-refractivity contribution >= 4 is 0 Å². The zero-order valence-corrected chi connectivity index (χ0v) is 7.69. The Bertz CT molecular complexity index is 348. The van der Waals surface area contributed by atoms with Gasteiger partial charge in [-0.05, 0) is 37.1 Å². The van der Waals surface area contributed by atoms with Crippen LogP contribution >= 0.6 is 0 Å². The van der Waals surface area contributed by atoms with E-state index in [4.69, 9.17) is 5.11 Å². The molecule has 0 heterocycles. The maximum atomic E-state index is 12.8. The lowest BCUT2D eigenvalue weighted by Crippen LogP contribution is -1.90. The standard InChI is InChI=1S/C11H11FO/c1-8-6-10(12)7-9(2)11(8)4-3-5-13/h6-7,13H,5H2,1-2H3. The molecule has 0 fully saturated rings. The largest absolute Gasteiger partial charge is 0.384 e. The molecule has 0 saturated carbocycles. The summed E-state index contributed by atoms with van der Waals surface area (Å²) in [7, 11) is 0. The van der Waals surface area contributed by atoms with Crippen LogP contribution in [-0.4, -0.2) is 11.7 Å². The second-order valence-corrected chi connectivity index (χ2v) is 2.87. The predicted octanol–water partition coefficient (Wildman–Crippen LogP) is 1.79. The van der Waals surface area contributed by atoms with Gasteiger partial charge in [-0.2, -0.15) is 0 Å². The molecule has 1 aromatic rings. The summed E-state index contributed by atoms with van der Waals surface area (Å²) in [6.45, 7) is 3.44. The van der Waals surface area contributed by atoms with Crippen molar-refractivity contribution in [3.8, 4) is 11.8 Å². The molecule has 0 radical (unpaired) electrons. The Labute approximate surface area is 77.2 Å². The molecule has 1 N–H and O–H groups in total. The van der Waals surface area contributed by atoms with Gasteiger partial charge in [-0.1, -0.05) is 11.8 Å². The second kappa shape index (κ2) is 4.06. The van der Waals surface area contributed by atoms with E-state index in [0.717, 1.165) is 16.7 Å². The van der Waals surface area contributed by atoms with E-state index >= 15 is 0 Å². The van der Waals surface area contributed by atoms with Gasteiger partial charge in [-0.3, -0.25) is 0 Å². The van der Waals surface area contributed by atoms with Gasteiger partial charge in [0.05, 0.1) is 0 Å². The van der Waals surface area contributed by atoms with Crippen LogP contribution in [0.15, 0.2) is 12.1 Å². The first kappa shape index (κ1) is 9.76. The molecular formula is C11H11FO. The van der Waals surface area contributed by atoms with Gasteiger partial charge in [0.2, 0.25) is 0 Å². The Morgan fingerprint density at radius 1 is 1.31 bits per heavy atom. The quantitative estimate of drug-likeness (QED) is 0.600. The lowest BCUT2D eigenvalue weighted by Gasteiger charge is -2.02. The fourth-order valence-electron chi connectivity index (χ4n) is 1.24. The first-order valence-corrected chi connectivity index (χ1v) is 4.01. The van der Waals surface area contributed by atoms with Crippen LogP contribution < -0.4 is 0 Å². The third-order valence-electron chi connectivity index (χ3n) is 1.79. The van der Waals surface area contributed by atoms with Crippen molar-refractivity contribution in [2.45, 2.75) is 13.8 Å². The van der Waals surface area contributed by atoms with Crippen molar-refractivity contribution in [1.82, 2.24) is 0 Å². The van der Waals surface area contributed by atoms with Crippen LogP contribution in [-0.2, 0) is 0 Å². The summed E-state index contributed by atoms with van der Waals surface area (Å²) in [5.74, 6) is 5.09. The first-order chi connectivity index (χ1) is 6.15. The van der Waals surface area contributed by atoms with E-state index in [2.05, 4.69) is 11.8 Å². The Morgan fingerprint density at radius 3 is 2.31 bits per heavy atom. The Kier molecular flexibility index (Phi) is 3.05. The summed E-state index contributed by atoms with van der Waals surface area (Å²) >= 11 is 0. The molecule has 2 heteroatoms. The van der Waals surface area contributed by atoms with E-state index in [9.17, 15) is 4.39 Å². The van der Waals surface area contributed by atoms with E-state index in [0.29, 0.717) is 0 Å². The van der Waals surface area contributed by atoms with E-state index in [1.165, 1.54) is 12.1 Å². The van der Waals surface area contributed by atoms with Crippen molar-refractivity contribution < 1.29 is 9.50 Å². The summed E-state index contributed by atoms with van der Waals surface area (Å²) in [5, 5.41) is 8.52. The molecule has 68 valence electrons. The predicted molar refractivity (Wildman–Crippen MR) is 49.8 cm³/mol. The van der Waals surface area contributed by atoms with Gasteiger partial charge >= 0.3 is 0 Å². The van der Waals surface area contributed by atoms with Crippen LogP contribution in [0.1, 0.15) is 16.7 Å². The molecular weight excluding hydrogens is 167 g/mol. The normalized spacial score (nSPS) is 9.23. The van der Waals surface area contributed by atoms with Gasteiger partial charge in [0, 0.05) is 5.56 Å². The number of hydrogen-bond acceptors (Lipinski definition) is 1. The summed E-state index contributed by atoms with van der Waals surface area (Å²) in [5.41, 5.74) is 2.41. The molecule has 0 aliphatic rings. The highest BCUT2D eigenvalue weighted by molar-refractivity contribution is 5.46. The first-order valence-electron chi connectivity index (χ1n) is 4.01. The van der Waals surface area contributed by atoms with Gasteiger partial charge in [0.25, 0.3) is 0 Å². The number of aryl methyl sites for hydroxylation is 2. The molecule has 0 bridgehead atoms. The highest BCUT2D eigenvalue weighted by Crippen LogP contribution is 2.14. The van der Waals surface area contributed by atoms with Crippen molar-refractivity contribution in [3.63, 3.8) is 0 Å². The van der Waals surface area contributed by atoms with Crippen molar-refractivity contribution in [1.29, 1.82) is 0 Å². The van der Waals surface area contributed by atoms with Crippen molar-refractivity contribution in [2.75, 3.05) is 6.61 Å². The Balaban J connectivity index is 3.21. The van der Waals surface area contributed by atoms with Gasteiger partial charge in [-0.15, -0.1) is 0 Å². The number of halogens is 1. The molecule has 0 atom stereocenters. The molecule has 1 aromatic carbocycles. The highest BCUT2D eigenvalue weighted by Gasteiger charge is 2.01. The average molecular weight is 178 g/mol. The molecule has 1 nitrogen and oxygen atoms in total. The van der Waals surface area contributed by atoms with E-state index in [1.807, 2.05) is 0 Å². The minimum atomic E-state index is -0.246. The fraction of sp³-hybridized carbons (Fsp3) is 0.273. The number of hydrogen-bond donors (Lipinski definition) is 1. The number of benzene rings is 1. The van der Waals surface area contributed by atoms with E-state index in [1.54, 1.807) is 13.8 Å². The Morgan fingerprint density at radius 2 is 1.85 bits per heavy atom. The molecule has 0 aliphatic carbocycles. The highest BCUT2D eigenvalue weighted by atomic mass is 19.1. The molecule has 1 rings (SSSR count). The maximum Gasteiger partial charge on any atom is 0.123 e. The minimum absolute atomic E-state index is 0.170. The SMILES string of the molecule is Cc1cc(F)cc(C)c1C#CCO. The lowest BCUT2D eigenvalue weighted by molar-refractivity contribution is 0.350. The van der Waals surface area contributed by atoms with Crippen LogP contribution in [0.5, 0.6) is 0 Å². The zero-order chi connectivity index (χ0) is 9.84. The molecule has 0 unspecified atom stereocenters. The van der Waals surface area contributed by atoms with E-state index in [-0.39, 0.29) is 12.4 Å². The van der Waals surface area contributed by atoms with Gasteiger partial charge in [0.15, 0.2) is 0 Å². The maximum absolute atomic E-state index is 12.8. The third kappa shape index (κ3) is 2.30. The minimum Gasteiger partial charge on any atom is -0.384 e. The van der Waals surface area contributed by atoms with Crippen molar-refractivity contribution in [2.24, 2.45) is 0 Å². The number of rotatable bonds is 0. The van der Waals surface area contributed by atoms with Gasteiger partial charge < -0.3 is 5.11 Å². The number of aliphatic hydroxyl groups excluding tert-OH is 1. The molecule has 13 heavy (non-hydrogen) atoms.